The van der Waals surface area contributed by atoms with E-state index in [-0.39, 0.29) is 0 Å². The number of benzene rings is 1. The molecule has 1 aromatic carbocycles. The maximum atomic E-state index is 11.2. The van der Waals surface area contributed by atoms with Crippen molar-refractivity contribution in [3.05, 3.63) is 33.8 Å². The van der Waals surface area contributed by atoms with Gasteiger partial charge in [-0.05, 0) is 37.1 Å². The molecule has 1 aliphatic heterocycles. The first-order valence-corrected chi connectivity index (χ1v) is 5.96. The van der Waals surface area contributed by atoms with Crippen LogP contribution < -0.4 is 0 Å². The molecule has 1 N–H and O–H groups in total. The Morgan fingerprint density at radius 1 is 1.38 bits per heavy atom. The van der Waals surface area contributed by atoms with Gasteiger partial charge in [-0.15, -0.1) is 0 Å². The zero-order chi connectivity index (χ0) is 11.9. The summed E-state index contributed by atoms with van der Waals surface area (Å²) in [5, 5.41) is 9.18. The van der Waals surface area contributed by atoms with Gasteiger partial charge in [0.15, 0.2) is 0 Å². The van der Waals surface area contributed by atoms with E-state index in [4.69, 9.17) is 0 Å². The average Bonchev–Trinajstić information content (AvgIpc) is 2.60. The van der Waals surface area contributed by atoms with Crippen molar-refractivity contribution in [2.45, 2.75) is 32.5 Å². The first-order chi connectivity index (χ1) is 7.41. The molecule has 0 unspecified atom stereocenters. The zero-order valence-corrected chi connectivity index (χ0v) is 10.9. The third-order valence-corrected chi connectivity index (χ3v) is 3.70. The predicted molar refractivity (Wildman–Crippen MR) is 65.1 cm³/mol. The van der Waals surface area contributed by atoms with Crippen LogP contribution in [-0.2, 0) is 17.9 Å². The Bertz CT molecular complexity index is 443. The molecule has 1 heterocycles. The van der Waals surface area contributed by atoms with Crippen LogP contribution >= 0.6 is 15.9 Å². The first kappa shape index (κ1) is 11.6. The van der Waals surface area contributed by atoms with E-state index in [0.717, 1.165) is 4.47 Å². The molecule has 0 saturated heterocycles. The summed E-state index contributed by atoms with van der Waals surface area (Å²) in [7, 11) is 0. The van der Waals surface area contributed by atoms with Gasteiger partial charge in [-0.2, -0.15) is 0 Å². The van der Waals surface area contributed by atoms with Crippen molar-refractivity contribution >= 4 is 21.9 Å². The van der Waals surface area contributed by atoms with Crippen molar-refractivity contribution in [3.63, 3.8) is 0 Å². The molecule has 3 nitrogen and oxygen atoms in total. The van der Waals surface area contributed by atoms with Crippen LogP contribution in [0.5, 0.6) is 0 Å². The highest BCUT2D eigenvalue weighted by molar-refractivity contribution is 9.10. The fourth-order valence-corrected chi connectivity index (χ4v) is 2.30. The largest absolute Gasteiger partial charge is 0.480 e. The minimum absolute atomic E-state index is 0.702. The minimum atomic E-state index is -0.814. The van der Waals surface area contributed by atoms with Crippen molar-refractivity contribution in [2.24, 2.45) is 0 Å². The van der Waals surface area contributed by atoms with Gasteiger partial charge in [-0.3, -0.25) is 9.69 Å². The number of hydrogen-bond acceptors (Lipinski definition) is 2. The molecule has 0 atom stereocenters. The topological polar surface area (TPSA) is 40.5 Å². The molecule has 1 aliphatic rings. The molecule has 0 spiro atoms. The lowest BCUT2D eigenvalue weighted by Crippen LogP contribution is -2.47. The SMILES string of the molecule is CC(C)(C(=O)O)N1Cc2ccc(Br)cc2C1. The fourth-order valence-electron chi connectivity index (χ4n) is 1.89. The fraction of sp³-hybridized carbons (Fsp3) is 0.417. The number of carbonyl (C=O) groups is 1. The van der Waals surface area contributed by atoms with Gasteiger partial charge in [0.25, 0.3) is 0 Å². The van der Waals surface area contributed by atoms with E-state index in [0.29, 0.717) is 13.1 Å². The summed E-state index contributed by atoms with van der Waals surface area (Å²) < 4.78 is 1.04. The third kappa shape index (κ3) is 1.87. The highest BCUT2D eigenvalue weighted by Crippen LogP contribution is 2.31. The second-order valence-electron chi connectivity index (χ2n) is 4.63. The van der Waals surface area contributed by atoms with Gasteiger partial charge < -0.3 is 5.11 Å². The maximum absolute atomic E-state index is 11.2. The summed E-state index contributed by atoms with van der Waals surface area (Å²) in [6.45, 7) is 4.91. The van der Waals surface area contributed by atoms with E-state index in [2.05, 4.69) is 28.1 Å². The molecule has 0 bridgehead atoms. The standard InChI is InChI=1S/C12H14BrNO2/c1-12(2,11(15)16)14-6-8-3-4-10(13)5-9(8)7-14/h3-5H,6-7H2,1-2H3,(H,15,16). The van der Waals surface area contributed by atoms with Crippen LogP contribution in [0.3, 0.4) is 0 Å². The second kappa shape index (κ2) is 3.86. The number of hydrogen-bond donors (Lipinski definition) is 1. The molecule has 0 saturated carbocycles. The number of nitrogens with zero attached hydrogens (tertiary/aromatic N) is 1. The Morgan fingerprint density at radius 3 is 2.62 bits per heavy atom. The number of carboxylic acid groups (broad SMARTS) is 1. The van der Waals surface area contributed by atoms with Crippen molar-refractivity contribution < 1.29 is 9.90 Å². The Hall–Kier alpha value is -0.870. The van der Waals surface area contributed by atoms with Crippen LogP contribution in [0.4, 0.5) is 0 Å². The smallest absolute Gasteiger partial charge is 0.323 e. The molecule has 2 rings (SSSR count). The monoisotopic (exact) mass is 283 g/mol. The first-order valence-electron chi connectivity index (χ1n) is 5.17. The molecule has 0 amide bonds. The molecule has 0 radical (unpaired) electrons. The molecular weight excluding hydrogens is 270 g/mol. The van der Waals surface area contributed by atoms with Gasteiger partial charge in [-0.1, -0.05) is 22.0 Å². The van der Waals surface area contributed by atoms with E-state index in [9.17, 15) is 9.90 Å². The van der Waals surface area contributed by atoms with Crippen molar-refractivity contribution in [3.8, 4) is 0 Å². The lowest BCUT2D eigenvalue weighted by molar-refractivity contribution is -0.149. The maximum Gasteiger partial charge on any atom is 0.323 e. The Balaban J connectivity index is 2.26. The summed E-state index contributed by atoms with van der Waals surface area (Å²) in [6, 6.07) is 6.11. The van der Waals surface area contributed by atoms with Crippen LogP contribution in [0.25, 0.3) is 0 Å². The quantitative estimate of drug-likeness (QED) is 0.907. The highest BCUT2D eigenvalue weighted by atomic mass is 79.9. The van der Waals surface area contributed by atoms with Crippen LogP contribution in [0.2, 0.25) is 0 Å². The van der Waals surface area contributed by atoms with Crippen molar-refractivity contribution in [1.29, 1.82) is 0 Å². The Labute approximate surface area is 103 Å². The summed E-state index contributed by atoms with van der Waals surface area (Å²) in [5.41, 5.74) is 1.62. The lowest BCUT2D eigenvalue weighted by atomic mass is 10.0. The van der Waals surface area contributed by atoms with Gasteiger partial charge in [0, 0.05) is 17.6 Å². The van der Waals surface area contributed by atoms with E-state index in [1.54, 1.807) is 13.8 Å². The summed E-state index contributed by atoms with van der Waals surface area (Å²) in [5.74, 6) is -0.778. The van der Waals surface area contributed by atoms with E-state index < -0.39 is 11.5 Å². The summed E-state index contributed by atoms with van der Waals surface area (Å²) >= 11 is 3.43. The lowest BCUT2D eigenvalue weighted by Gasteiger charge is -2.30. The zero-order valence-electron chi connectivity index (χ0n) is 9.33. The van der Waals surface area contributed by atoms with Crippen molar-refractivity contribution in [2.75, 3.05) is 0 Å². The normalized spacial score (nSPS) is 16.2. The van der Waals surface area contributed by atoms with Gasteiger partial charge in [0.1, 0.15) is 5.54 Å². The van der Waals surface area contributed by atoms with Crippen LogP contribution in [-0.4, -0.2) is 21.5 Å². The third-order valence-electron chi connectivity index (χ3n) is 3.20. The Kier molecular flexibility index (Phi) is 2.80. The van der Waals surface area contributed by atoms with Gasteiger partial charge >= 0.3 is 5.97 Å². The highest BCUT2D eigenvalue weighted by Gasteiger charge is 2.37. The molecule has 0 fully saturated rings. The summed E-state index contributed by atoms with van der Waals surface area (Å²) in [4.78, 5) is 13.2. The number of halogens is 1. The number of carboxylic acids is 1. The molecular formula is C12H14BrNO2. The molecule has 0 aliphatic carbocycles. The molecule has 86 valence electrons. The predicted octanol–water partition coefficient (Wildman–Crippen LogP) is 2.63. The number of rotatable bonds is 2. The van der Waals surface area contributed by atoms with Crippen LogP contribution in [0.1, 0.15) is 25.0 Å². The molecule has 4 heteroatoms. The van der Waals surface area contributed by atoms with E-state index in [1.807, 2.05) is 11.0 Å². The van der Waals surface area contributed by atoms with E-state index >= 15 is 0 Å². The van der Waals surface area contributed by atoms with Crippen LogP contribution in [0, 0.1) is 0 Å². The molecule has 16 heavy (non-hydrogen) atoms. The Morgan fingerprint density at radius 2 is 2.00 bits per heavy atom. The minimum Gasteiger partial charge on any atom is -0.480 e. The second-order valence-corrected chi connectivity index (χ2v) is 5.55. The molecule has 1 aromatic rings. The summed E-state index contributed by atoms with van der Waals surface area (Å²) in [6.07, 6.45) is 0. The van der Waals surface area contributed by atoms with Gasteiger partial charge in [-0.25, -0.2) is 0 Å². The number of aliphatic carboxylic acids is 1. The number of fused-ring (bicyclic) bond motifs is 1. The molecule has 0 aromatic heterocycles. The van der Waals surface area contributed by atoms with Crippen LogP contribution in [0.15, 0.2) is 22.7 Å². The average molecular weight is 284 g/mol. The van der Waals surface area contributed by atoms with Gasteiger partial charge in [0.05, 0.1) is 0 Å². The van der Waals surface area contributed by atoms with Gasteiger partial charge in [0.2, 0.25) is 0 Å². The van der Waals surface area contributed by atoms with Crippen molar-refractivity contribution in [1.82, 2.24) is 4.90 Å². The van der Waals surface area contributed by atoms with E-state index in [1.165, 1.54) is 11.1 Å².